The Morgan fingerprint density at radius 2 is 1.74 bits per heavy atom. The summed E-state index contributed by atoms with van der Waals surface area (Å²) in [7, 11) is 0. The van der Waals surface area contributed by atoms with Gasteiger partial charge in [0.1, 0.15) is 0 Å². The average molecular weight is 254 g/mol. The molecule has 1 heteroatoms. The van der Waals surface area contributed by atoms with Crippen LogP contribution in [-0.2, 0) is 6.42 Å². The lowest BCUT2D eigenvalue weighted by Gasteiger charge is -2.17. The van der Waals surface area contributed by atoms with Crippen molar-refractivity contribution in [3.05, 3.63) is 48.0 Å². The molecule has 0 bridgehead atoms. The lowest BCUT2D eigenvalue weighted by Crippen LogP contribution is -2.12. The van der Waals surface area contributed by atoms with E-state index in [1.807, 2.05) is 0 Å². The maximum absolute atomic E-state index is 9.95. The van der Waals surface area contributed by atoms with Crippen LogP contribution in [0.3, 0.4) is 0 Å². The van der Waals surface area contributed by atoms with Crippen LogP contribution in [0.25, 0.3) is 10.8 Å². The van der Waals surface area contributed by atoms with Crippen molar-refractivity contribution >= 4 is 10.8 Å². The normalized spacial score (nSPS) is 24.3. The molecule has 0 aliphatic heterocycles. The number of aliphatic hydroxyl groups excluding tert-OH is 1. The van der Waals surface area contributed by atoms with Crippen LogP contribution in [0.1, 0.15) is 37.7 Å². The molecule has 3 rings (SSSR count). The zero-order valence-corrected chi connectivity index (χ0v) is 11.4. The van der Waals surface area contributed by atoms with Crippen LogP contribution in [0.2, 0.25) is 0 Å². The molecule has 1 nitrogen and oxygen atoms in total. The first-order valence-electron chi connectivity index (χ1n) is 7.47. The van der Waals surface area contributed by atoms with Gasteiger partial charge in [0, 0.05) is 0 Å². The molecule has 19 heavy (non-hydrogen) atoms. The van der Waals surface area contributed by atoms with Gasteiger partial charge in [0.15, 0.2) is 0 Å². The molecule has 0 radical (unpaired) electrons. The summed E-state index contributed by atoms with van der Waals surface area (Å²) >= 11 is 0. The van der Waals surface area contributed by atoms with Crippen LogP contribution in [0.4, 0.5) is 0 Å². The molecule has 1 aliphatic rings. The van der Waals surface area contributed by atoms with E-state index in [0.717, 1.165) is 19.3 Å². The smallest absolute Gasteiger partial charge is 0.0543 e. The Balaban J connectivity index is 1.84. The van der Waals surface area contributed by atoms with Crippen molar-refractivity contribution in [2.45, 2.75) is 44.6 Å². The molecular formula is C18H22O. The van der Waals surface area contributed by atoms with Crippen LogP contribution >= 0.6 is 0 Å². The van der Waals surface area contributed by atoms with E-state index in [9.17, 15) is 5.11 Å². The first kappa shape index (κ1) is 12.7. The van der Waals surface area contributed by atoms with Crippen molar-refractivity contribution in [1.82, 2.24) is 0 Å². The summed E-state index contributed by atoms with van der Waals surface area (Å²) in [6.07, 6.45) is 6.72. The molecule has 0 spiro atoms. The van der Waals surface area contributed by atoms with Gasteiger partial charge < -0.3 is 5.11 Å². The van der Waals surface area contributed by atoms with Gasteiger partial charge in [-0.25, -0.2) is 0 Å². The van der Waals surface area contributed by atoms with Gasteiger partial charge in [-0.05, 0) is 41.5 Å². The van der Waals surface area contributed by atoms with E-state index in [0.29, 0.717) is 5.92 Å². The third kappa shape index (κ3) is 2.98. The predicted molar refractivity (Wildman–Crippen MR) is 80.2 cm³/mol. The number of rotatable bonds is 2. The Kier molecular flexibility index (Phi) is 3.84. The molecule has 0 amide bonds. The third-order valence-electron chi connectivity index (χ3n) is 4.39. The Morgan fingerprint density at radius 3 is 2.68 bits per heavy atom. The van der Waals surface area contributed by atoms with Crippen molar-refractivity contribution in [3.63, 3.8) is 0 Å². The Morgan fingerprint density at radius 1 is 0.947 bits per heavy atom. The van der Waals surface area contributed by atoms with Crippen LogP contribution in [-0.4, -0.2) is 11.2 Å². The van der Waals surface area contributed by atoms with Gasteiger partial charge in [0.05, 0.1) is 6.10 Å². The summed E-state index contributed by atoms with van der Waals surface area (Å²) in [5, 5.41) is 12.7. The lowest BCUT2D eigenvalue weighted by atomic mass is 9.89. The molecule has 1 fully saturated rings. The Labute approximate surface area is 115 Å². The van der Waals surface area contributed by atoms with E-state index >= 15 is 0 Å². The summed E-state index contributed by atoms with van der Waals surface area (Å²) in [6, 6.07) is 15.2. The number of hydrogen-bond acceptors (Lipinski definition) is 1. The van der Waals surface area contributed by atoms with Crippen molar-refractivity contribution in [1.29, 1.82) is 0 Å². The summed E-state index contributed by atoms with van der Waals surface area (Å²) in [4.78, 5) is 0. The van der Waals surface area contributed by atoms with Crippen molar-refractivity contribution in [3.8, 4) is 0 Å². The maximum atomic E-state index is 9.95. The molecule has 1 saturated carbocycles. The highest BCUT2D eigenvalue weighted by atomic mass is 16.3. The summed E-state index contributed by atoms with van der Waals surface area (Å²) in [5.74, 6) is 0.642. The van der Waals surface area contributed by atoms with Crippen molar-refractivity contribution in [2.24, 2.45) is 5.92 Å². The summed E-state index contributed by atoms with van der Waals surface area (Å²) in [5.41, 5.74) is 1.44. The number of fused-ring (bicyclic) bond motifs is 1. The van der Waals surface area contributed by atoms with E-state index in [-0.39, 0.29) is 6.10 Å². The van der Waals surface area contributed by atoms with E-state index in [2.05, 4.69) is 42.5 Å². The zero-order valence-electron chi connectivity index (χ0n) is 11.4. The molecule has 2 unspecified atom stereocenters. The van der Waals surface area contributed by atoms with Gasteiger partial charge in [-0.1, -0.05) is 61.7 Å². The fourth-order valence-corrected chi connectivity index (χ4v) is 3.40. The standard InChI is InChI=1S/C18H22O/c19-17-10-3-1-6-14(13-17)12-16-9-5-8-15-7-2-4-11-18(15)16/h2,4-5,7-9,11,14,17,19H,1,3,6,10,12-13H2. The number of hydrogen-bond donors (Lipinski definition) is 1. The highest BCUT2D eigenvalue weighted by molar-refractivity contribution is 5.85. The average Bonchev–Trinajstić information content (AvgIpc) is 2.63. The zero-order chi connectivity index (χ0) is 13.1. The van der Waals surface area contributed by atoms with Crippen molar-refractivity contribution < 1.29 is 5.11 Å². The molecule has 1 aliphatic carbocycles. The topological polar surface area (TPSA) is 20.2 Å². The minimum Gasteiger partial charge on any atom is -0.393 e. The molecule has 100 valence electrons. The molecule has 0 saturated heterocycles. The highest BCUT2D eigenvalue weighted by Gasteiger charge is 2.19. The quantitative estimate of drug-likeness (QED) is 0.791. The van der Waals surface area contributed by atoms with Crippen LogP contribution < -0.4 is 0 Å². The minimum absolute atomic E-state index is 0.0810. The monoisotopic (exact) mass is 254 g/mol. The molecule has 2 aromatic carbocycles. The molecule has 2 atom stereocenters. The van der Waals surface area contributed by atoms with Gasteiger partial charge in [0.25, 0.3) is 0 Å². The third-order valence-corrected chi connectivity index (χ3v) is 4.39. The van der Waals surface area contributed by atoms with Crippen LogP contribution in [0.5, 0.6) is 0 Å². The second kappa shape index (κ2) is 5.75. The Hall–Kier alpha value is -1.34. The van der Waals surface area contributed by atoms with Gasteiger partial charge in [0.2, 0.25) is 0 Å². The van der Waals surface area contributed by atoms with Gasteiger partial charge >= 0.3 is 0 Å². The number of aliphatic hydroxyl groups is 1. The maximum Gasteiger partial charge on any atom is 0.0543 e. The number of benzene rings is 2. The largest absolute Gasteiger partial charge is 0.393 e. The molecule has 0 aromatic heterocycles. The molecule has 2 aromatic rings. The van der Waals surface area contributed by atoms with E-state index in [4.69, 9.17) is 0 Å². The molecular weight excluding hydrogens is 232 g/mol. The first-order chi connectivity index (χ1) is 9.33. The second-order valence-electron chi connectivity index (χ2n) is 5.88. The lowest BCUT2D eigenvalue weighted by molar-refractivity contribution is 0.141. The predicted octanol–water partition coefficient (Wildman–Crippen LogP) is 4.32. The second-order valence-corrected chi connectivity index (χ2v) is 5.88. The van der Waals surface area contributed by atoms with E-state index in [1.54, 1.807) is 0 Å². The van der Waals surface area contributed by atoms with Gasteiger partial charge in [-0.15, -0.1) is 0 Å². The SMILES string of the molecule is OC1CCCCC(Cc2cccc3ccccc23)C1. The first-order valence-corrected chi connectivity index (χ1v) is 7.47. The minimum atomic E-state index is -0.0810. The van der Waals surface area contributed by atoms with Crippen LogP contribution in [0, 0.1) is 5.92 Å². The fourth-order valence-electron chi connectivity index (χ4n) is 3.40. The van der Waals surface area contributed by atoms with E-state index < -0.39 is 0 Å². The summed E-state index contributed by atoms with van der Waals surface area (Å²) in [6.45, 7) is 0. The summed E-state index contributed by atoms with van der Waals surface area (Å²) < 4.78 is 0. The van der Waals surface area contributed by atoms with Crippen molar-refractivity contribution in [2.75, 3.05) is 0 Å². The molecule has 1 N–H and O–H groups in total. The fraction of sp³-hybridized carbons (Fsp3) is 0.444. The Bertz CT molecular complexity index is 541. The van der Waals surface area contributed by atoms with E-state index in [1.165, 1.54) is 35.6 Å². The van der Waals surface area contributed by atoms with Gasteiger partial charge in [-0.2, -0.15) is 0 Å². The van der Waals surface area contributed by atoms with Crippen LogP contribution in [0.15, 0.2) is 42.5 Å². The highest BCUT2D eigenvalue weighted by Crippen LogP contribution is 2.29. The molecule has 0 heterocycles. The van der Waals surface area contributed by atoms with Gasteiger partial charge in [-0.3, -0.25) is 0 Å².